The minimum absolute atomic E-state index is 0.0157. The lowest BCUT2D eigenvalue weighted by atomic mass is 9.95. The number of nitrogens with zero attached hydrogens (tertiary/aromatic N) is 2. The molecule has 11 heteroatoms. The quantitative estimate of drug-likeness (QED) is 0.343. The Morgan fingerprint density at radius 1 is 1.00 bits per heavy atom. The summed E-state index contributed by atoms with van der Waals surface area (Å²) < 4.78 is 0. The molecule has 31 heavy (non-hydrogen) atoms. The van der Waals surface area contributed by atoms with Crippen LogP contribution in [0.2, 0.25) is 20.1 Å². The van der Waals surface area contributed by atoms with E-state index in [-0.39, 0.29) is 43.3 Å². The third kappa shape index (κ3) is 3.93. The highest BCUT2D eigenvalue weighted by Gasteiger charge is 2.24. The van der Waals surface area contributed by atoms with Crippen LogP contribution in [0.4, 0.5) is 5.82 Å². The molecule has 0 atom stereocenters. The summed E-state index contributed by atoms with van der Waals surface area (Å²) in [7, 11) is 0. The molecule has 0 bridgehead atoms. The average Bonchev–Trinajstić information content (AvgIpc) is 3.26. The fourth-order valence-electron chi connectivity index (χ4n) is 3.11. The van der Waals surface area contributed by atoms with Crippen LogP contribution in [0.25, 0.3) is 21.9 Å². The minimum Gasteiger partial charge on any atom is -0.366 e. The molecule has 0 spiro atoms. The number of benzene rings is 2. The van der Waals surface area contributed by atoms with Gasteiger partial charge in [-0.15, -0.1) is 0 Å². The molecule has 0 unspecified atom stereocenters. The second kappa shape index (κ2) is 8.36. The van der Waals surface area contributed by atoms with Gasteiger partial charge in [0.1, 0.15) is 5.69 Å². The minimum atomic E-state index is -0.745. The van der Waals surface area contributed by atoms with Gasteiger partial charge in [0.2, 0.25) is 5.91 Å². The fraction of sp³-hybridized carbons (Fsp3) is 0. The van der Waals surface area contributed by atoms with Crippen molar-refractivity contribution >= 4 is 74.8 Å². The number of fused-ring (bicyclic) bond motifs is 1. The average molecular weight is 495 g/mol. The summed E-state index contributed by atoms with van der Waals surface area (Å²) in [5, 5.41) is 10.8. The third-order valence-electron chi connectivity index (χ3n) is 4.50. The number of pyridine rings is 1. The van der Waals surface area contributed by atoms with Crippen molar-refractivity contribution in [2.24, 2.45) is 5.73 Å². The monoisotopic (exact) mass is 493 g/mol. The maximum atomic E-state index is 12.4. The Balaban J connectivity index is 1.94. The van der Waals surface area contributed by atoms with Crippen molar-refractivity contribution in [2.45, 2.75) is 0 Å². The van der Waals surface area contributed by atoms with E-state index in [0.717, 1.165) is 0 Å². The molecule has 0 aliphatic carbocycles. The Hall–Kier alpha value is -2.84. The molecule has 0 fully saturated rings. The first-order chi connectivity index (χ1) is 14.8. The molecule has 4 N–H and O–H groups in total. The first kappa shape index (κ1) is 21.4. The van der Waals surface area contributed by atoms with E-state index in [1.165, 1.54) is 18.5 Å². The van der Waals surface area contributed by atoms with Crippen LogP contribution in [0.5, 0.6) is 0 Å². The Morgan fingerprint density at radius 2 is 1.77 bits per heavy atom. The van der Waals surface area contributed by atoms with Gasteiger partial charge in [-0.05, 0) is 29.7 Å². The maximum Gasteiger partial charge on any atom is 0.274 e. The number of carbonyl (C=O) groups is 2. The predicted molar refractivity (Wildman–Crippen MR) is 122 cm³/mol. The number of nitrogens with two attached hydrogens (primary N) is 1. The predicted octanol–water partition coefficient (Wildman–Crippen LogP) is 5.59. The van der Waals surface area contributed by atoms with Crippen LogP contribution in [0.15, 0.2) is 42.7 Å². The number of rotatable bonds is 4. The van der Waals surface area contributed by atoms with Crippen molar-refractivity contribution in [3.63, 3.8) is 0 Å². The molecule has 4 aromatic rings. The van der Waals surface area contributed by atoms with Crippen molar-refractivity contribution in [3.05, 3.63) is 74.1 Å². The molecular weight excluding hydrogens is 484 g/mol. The summed E-state index contributed by atoms with van der Waals surface area (Å²) in [5.41, 5.74) is 6.33. The zero-order valence-corrected chi connectivity index (χ0v) is 18.4. The molecule has 0 aliphatic heterocycles. The van der Waals surface area contributed by atoms with E-state index >= 15 is 0 Å². The second-order valence-electron chi connectivity index (χ2n) is 6.41. The summed E-state index contributed by atoms with van der Waals surface area (Å²) in [4.78, 5) is 28.7. The van der Waals surface area contributed by atoms with Gasteiger partial charge >= 0.3 is 0 Å². The number of hydrogen-bond acceptors (Lipinski definition) is 4. The first-order valence-electron chi connectivity index (χ1n) is 8.64. The Bertz CT molecular complexity index is 1360. The summed E-state index contributed by atoms with van der Waals surface area (Å²) in [6, 6.07) is 8.07. The van der Waals surface area contributed by atoms with Crippen LogP contribution in [0.3, 0.4) is 0 Å². The van der Waals surface area contributed by atoms with Crippen molar-refractivity contribution in [1.82, 2.24) is 15.2 Å². The number of carbonyl (C=O) groups excluding carboxylic acids is 2. The lowest BCUT2D eigenvalue weighted by Crippen LogP contribution is -2.15. The van der Waals surface area contributed by atoms with E-state index < -0.39 is 11.8 Å². The van der Waals surface area contributed by atoms with Gasteiger partial charge in [0.25, 0.3) is 5.91 Å². The summed E-state index contributed by atoms with van der Waals surface area (Å²) in [5.74, 6) is -1.25. The molecule has 0 aliphatic rings. The summed E-state index contributed by atoms with van der Waals surface area (Å²) in [6.07, 6.45) is 2.72. The van der Waals surface area contributed by atoms with Gasteiger partial charge in [0, 0.05) is 39.5 Å². The molecule has 2 aromatic carbocycles. The van der Waals surface area contributed by atoms with E-state index in [0.29, 0.717) is 15.8 Å². The van der Waals surface area contributed by atoms with E-state index in [1.807, 2.05) is 0 Å². The van der Waals surface area contributed by atoms with Crippen molar-refractivity contribution in [2.75, 3.05) is 5.32 Å². The van der Waals surface area contributed by atoms with E-state index in [1.54, 1.807) is 24.3 Å². The van der Waals surface area contributed by atoms with E-state index in [4.69, 9.17) is 52.1 Å². The molecule has 2 aromatic heterocycles. The zero-order valence-electron chi connectivity index (χ0n) is 15.3. The molecule has 0 saturated heterocycles. The van der Waals surface area contributed by atoms with Gasteiger partial charge in [-0.1, -0.05) is 52.5 Å². The van der Waals surface area contributed by atoms with Crippen molar-refractivity contribution < 1.29 is 9.59 Å². The van der Waals surface area contributed by atoms with Crippen LogP contribution in [-0.2, 0) is 0 Å². The highest BCUT2D eigenvalue weighted by atomic mass is 35.5. The van der Waals surface area contributed by atoms with Crippen LogP contribution in [0, 0.1) is 0 Å². The first-order valence-corrected chi connectivity index (χ1v) is 10.2. The van der Waals surface area contributed by atoms with Gasteiger partial charge in [-0.3, -0.25) is 14.7 Å². The molecule has 0 radical (unpaired) electrons. The van der Waals surface area contributed by atoms with Crippen LogP contribution < -0.4 is 11.1 Å². The highest BCUT2D eigenvalue weighted by molar-refractivity contribution is 6.45. The van der Waals surface area contributed by atoms with Gasteiger partial charge < -0.3 is 11.1 Å². The van der Waals surface area contributed by atoms with Crippen LogP contribution in [0.1, 0.15) is 20.8 Å². The smallest absolute Gasteiger partial charge is 0.274 e. The van der Waals surface area contributed by atoms with Crippen molar-refractivity contribution in [3.8, 4) is 11.1 Å². The molecule has 7 nitrogen and oxygen atoms in total. The lowest BCUT2D eigenvalue weighted by molar-refractivity contribution is 0.0997. The SMILES string of the molecule is NC(=O)c1cc2cc(Cl)ccc2c(Cl)c1-c1c(Cl)cnc(NC(=O)c2ccn[nH]2)c1Cl. The lowest BCUT2D eigenvalue weighted by Gasteiger charge is -2.17. The Labute approximate surface area is 195 Å². The highest BCUT2D eigenvalue weighted by Crippen LogP contribution is 2.45. The van der Waals surface area contributed by atoms with Crippen LogP contribution in [-0.4, -0.2) is 27.0 Å². The molecular formula is C20H11Cl4N5O2. The molecule has 4 rings (SSSR count). The molecule has 156 valence electrons. The van der Waals surface area contributed by atoms with E-state index in [9.17, 15) is 9.59 Å². The molecule has 2 amide bonds. The summed E-state index contributed by atoms with van der Waals surface area (Å²) >= 11 is 25.7. The van der Waals surface area contributed by atoms with Gasteiger partial charge in [0.15, 0.2) is 5.82 Å². The topological polar surface area (TPSA) is 114 Å². The van der Waals surface area contributed by atoms with Gasteiger partial charge in [0.05, 0.1) is 15.1 Å². The van der Waals surface area contributed by atoms with Gasteiger partial charge in [-0.2, -0.15) is 5.10 Å². The number of halogens is 4. The maximum absolute atomic E-state index is 12.4. The molecule has 0 saturated carbocycles. The number of nitrogens with one attached hydrogen (secondary N) is 2. The number of amides is 2. The Morgan fingerprint density at radius 3 is 2.45 bits per heavy atom. The number of primary amides is 1. The normalized spacial score (nSPS) is 11.0. The molecule has 2 heterocycles. The van der Waals surface area contributed by atoms with Crippen molar-refractivity contribution in [1.29, 1.82) is 0 Å². The van der Waals surface area contributed by atoms with Crippen LogP contribution >= 0.6 is 46.4 Å². The van der Waals surface area contributed by atoms with E-state index in [2.05, 4.69) is 20.5 Å². The Kier molecular flexibility index (Phi) is 5.77. The third-order valence-corrected chi connectivity index (χ3v) is 5.79. The number of hydrogen-bond donors (Lipinski definition) is 3. The fourth-order valence-corrected chi connectivity index (χ4v) is 4.24. The zero-order chi connectivity index (χ0) is 22.3. The largest absolute Gasteiger partial charge is 0.366 e. The number of aromatic amines is 1. The van der Waals surface area contributed by atoms with Gasteiger partial charge in [-0.25, -0.2) is 4.98 Å². The number of aromatic nitrogens is 3. The standard InChI is InChI=1S/C20H11Cl4N5O2/c21-9-1-2-10-8(5-9)6-11(18(25)30)14(16(10)23)15-12(22)7-26-19(17(15)24)28-20(31)13-3-4-27-29-13/h1-7H,(H2,25,30)(H,27,29)(H,26,28,31). The number of H-pyrrole nitrogens is 1. The second-order valence-corrected chi connectivity index (χ2v) is 8.01. The number of anilines is 1. The summed E-state index contributed by atoms with van der Waals surface area (Å²) in [6.45, 7) is 0.